The molecule has 0 saturated carbocycles. The van der Waals surface area contributed by atoms with Gasteiger partial charge in [0.25, 0.3) is 5.91 Å². The molecule has 37 heavy (non-hydrogen) atoms. The molecule has 1 unspecified atom stereocenters. The molecule has 2 aromatic heterocycles. The number of carbonyl (C=O) groups is 1. The van der Waals surface area contributed by atoms with Crippen LogP contribution < -0.4 is 0 Å². The Morgan fingerprint density at radius 3 is 2.49 bits per heavy atom. The minimum Gasteiger partial charge on any atom is -0.436 e. The molecule has 8 nitrogen and oxygen atoms in total. The zero-order chi connectivity index (χ0) is 25.4. The van der Waals surface area contributed by atoms with E-state index < -0.39 is 0 Å². The first-order chi connectivity index (χ1) is 18.0. The Hall–Kier alpha value is -4.37. The molecule has 1 aliphatic rings. The van der Waals surface area contributed by atoms with Gasteiger partial charge in [0.05, 0.1) is 0 Å². The number of amides is 1. The second-order valence-corrected chi connectivity index (χ2v) is 9.01. The summed E-state index contributed by atoms with van der Waals surface area (Å²) in [6, 6.07) is 21.3. The molecule has 186 valence electrons. The lowest BCUT2D eigenvalue weighted by Crippen LogP contribution is -2.50. The summed E-state index contributed by atoms with van der Waals surface area (Å²) in [5.74, 6) is 0.983. The van der Waals surface area contributed by atoms with Crippen molar-refractivity contribution in [3.8, 4) is 11.5 Å². The molecule has 3 heterocycles. The van der Waals surface area contributed by atoms with E-state index in [1.165, 1.54) is 12.1 Å². The van der Waals surface area contributed by atoms with Crippen LogP contribution in [0, 0.1) is 12.7 Å². The van der Waals surface area contributed by atoms with Crippen molar-refractivity contribution in [2.24, 2.45) is 0 Å². The van der Waals surface area contributed by atoms with Gasteiger partial charge in [-0.2, -0.15) is 0 Å². The molecule has 0 bridgehead atoms. The Labute approximate surface area is 212 Å². The summed E-state index contributed by atoms with van der Waals surface area (Å²) >= 11 is 0. The highest BCUT2D eigenvalue weighted by Gasteiger charge is 2.31. The minimum atomic E-state index is -0.376. The van der Waals surface area contributed by atoms with Gasteiger partial charge in [0.15, 0.2) is 5.58 Å². The Bertz CT molecular complexity index is 1560. The molecule has 1 amide bonds. The van der Waals surface area contributed by atoms with Gasteiger partial charge in [-0.25, -0.2) is 9.37 Å². The van der Waals surface area contributed by atoms with Crippen molar-refractivity contribution >= 4 is 17.0 Å². The first kappa shape index (κ1) is 23.1. The zero-order valence-corrected chi connectivity index (χ0v) is 20.2. The van der Waals surface area contributed by atoms with Gasteiger partial charge in [-0.1, -0.05) is 36.4 Å². The molecule has 1 fully saturated rings. The molecule has 5 aromatic rings. The van der Waals surface area contributed by atoms with Crippen molar-refractivity contribution in [1.29, 1.82) is 0 Å². The zero-order valence-electron chi connectivity index (χ0n) is 20.2. The van der Waals surface area contributed by atoms with Gasteiger partial charge in [0.2, 0.25) is 17.7 Å². The minimum absolute atomic E-state index is 0.0615. The van der Waals surface area contributed by atoms with Gasteiger partial charge in [-0.3, -0.25) is 9.69 Å². The summed E-state index contributed by atoms with van der Waals surface area (Å²) in [6.45, 7) is 4.21. The number of oxazole rings is 1. The van der Waals surface area contributed by atoms with E-state index in [0.717, 1.165) is 5.56 Å². The molecule has 1 atom stereocenters. The first-order valence-corrected chi connectivity index (χ1v) is 12.1. The predicted molar refractivity (Wildman–Crippen MR) is 134 cm³/mol. The summed E-state index contributed by atoms with van der Waals surface area (Å²) < 4.78 is 25.1. The highest BCUT2D eigenvalue weighted by atomic mass is 19.1. The van der Waals surface area contributed by atoms with E-state index in [9.17, 15) is 9.18 Å². The lowest BCUT2D eigenvalue weighted by atomic mass is 10.0. The maximum atomic E-state index is 13.5. The Morgan fingerprint density at radius 1 is 0.919 bits per heavy atom. The number of aryl methyl sites for hydroxylation is 1. The average Bonchev–Trinajstić information content (AvgIpc) is 3.55. The van der Waals surface area contributed by atoms with Crippen LogP contribution in [0.4, 0.5) is 4.39 Å². The second kappa shape index (κ2) is 9.59. The summed E-state index contributed by atoms with van der Waals surface area (Å²) in [6.07, 6.45) is 0. The van der Waals surface area contributed by atoms with Gasteiger partial charge in [0.1, 0.15) is 17.4 Å². The highest BCUT2D eigenvalue weighted by molar-refractivity contribution is 5.95. The Morgan fingerprint density at radius 2 is 1.73 bits per heavy atom. The van der Waals surface area contributed by atoms with Crippen molar-refractivity contribution in [1.82, 2.24) is 25.0 Å². The number of hydrogen-bond donors (Lipinski definition) is 0. The lowest BCUT2D eigenvalue weighted by molar-refractivity contribution is 0.0578. The van der Waals surface area contributed by atoms with Crippen LogP contribution in [0.25, 0.3) is 22.6 Å². The van der Waals surface area contributed by atoms with Crippen LogP contribution in [0.2, 0.25) is 0 Å². The molecular weight excluding hydrogens is 473 g/mol. The summed E-state index contributed by atoms with van der Waals surface area (Å²) in [7, 11) is 0. The molecular formula is C28H24FN5O3. The van der Waals surface area contributed by atoms with Crippen LogP contribution >= 0.6 is 0 Å². The third-order valence-corrected chi connectivity index (χ3v) is 6.56. The normalized spacial score (nSPS) is 15.2. The number of carbonyl (C=O) groups excluding carboxylic acids is 1. The fourth-order valence-corrected chi connectivity index (χ4v) is 4.74. The maximum Gasteiger partial charge on any atom is 0.253 e. The highest BCUT2D eigenvalue weighted by Crippen LogP contribution is 2.30. The van der Waals surface area contributed by atoms with Gasteiger partial charge in [0, 0.05) is 50.3 Å². The van der Waals surface area contributed by atoms with Crippen LogP contribution in [-0.2, 0) is 0 Å². The predicted octanol–water partition coefficient (Wildman–Crippen LogP) is 4.87. The van der Waals surface area contributed by atoms with Crippen LogP contribution in [0.5, 0.6) is 0 Å². The molecule has 0 spiro atoms. The van der Waals surface area contributed by atoms with E-state index in [-0.39, 0.29) is 17.8 Å². The number of halogens is 1. The van der Waals surface area contributed by atoms with Gasteiger partial charge in [-0.15, -0.1) is 10.2 Å². The van der Waals surface area contributed by atoms with Crippen molar-refractivity contribution in [2.75, 3.05) is 26.2 Å². The lowest BCUT2D eigenvalue weighted by Gasteiger charge is -2.38. The SMILES string of the molecule is Cc1nnc(C(c2ccccc2)N2CCN(C(=O)c3cccc(-c4nc5cc(F)ccc5o4)c3)CC2)o1. The molecule has 0 aliphatic carbocycles. The van der Waals surface area contributed by atoms with Crippen molar-refractivity contribution in [2.45, 2.75) is 13.0 Å². The average molecular weight is 498 g/mol. The molecule has 1 saturated heterocycles. The number of piperazine rings is 1. The van der Waals surface area contributed by atoms with E-state index in [4.69, 9.17) is 8.83 Å². The number of nitrogens with zero attached hydrogens (tertiary/aromatic N) is 5. The largest absolute Gasteiger partial charge is 0.436 e. The molecule has 3 aromatic carbocycles. The Kier molecular flexibility index (Phi) is 5.97. The van der Waals surface area contributed by atoms with Crippen LogP contribution in [0.15, 0.2) is 81.6 Å². The number of rotatable bonds is 5. The fraction of sp³-hybridized carbons (Fsp3) is 0.214. The number of fused-ring (bicyclic) bond motifs is 1. The van der Waals surface area contributed by atoms with E-state index in [0.29, 0.717) is 66.1 Å². The first-order valence-electron chi connectivity index (χ1n) is 12.1. The van der Waals surface area contributed by atoms with Crippen molar-refractivity contribution in [3.63, 3.8) is 0 Å². The number of aromatic nitrogens is 3. The molecule has 1 aliphatic heterocycles. The number of benzene rings is 3. The monoisotopic (exact) mass is 497 g/mol. The van der Waals surface area contributed by atoms with E-state index in [1.54, 1.807) is 31.2 Å². The van der Waals surface area contributed by atoms with Crippen molar-refractivity contribution < 1.29 is 18.0 Å². The summed E-state index contributed by atoms with van der Waals surface area (Å²) in [5, 5.41) is 8.31. The smallest absolute Gasteiger partial charge is 0.253 e. The third kappa shape index (κ3) is 4.61. The van der Waals surface area contributed by atoms with Crippen LogP contribution in [0.1, 0.15) is 33.7 Å². The molecule has 0 radical (unpaired) electrons. The number of hydrogen-bond acceptors (Lipinski definition) is 7. The third-order valence-electron chi connectivity index (χ3n) is 6.56. The van der Waals surface area contributed by atoms with Gasteiger partial charge < -0.3 is 13.7 Å². The molecule has 6 rings (SSSR count). The summed E-state index contributed by atoms with van der Waals surface area (Å²) in [5.41, 5.74) is 3.21. The van der Waals surface area contributed by atoms with Crippen LogP contribution in [0.3, 0.4) is 0 Å². The summed E-state index contributed by atoms with van der Waals surface area (Å²) in [4.78, 5) is 21.9. The molecule has 0 N–H and O–H groups in total. The quantitative estimate of drug-likeness (QED) is 0.342. The van der Waals surface area contributed by atoms with E-state index >= 15 is 0 Å². The van der Waals surface area contributed by atoms with Gasteiger partial charge in [-0.05, 0) is 35.9 Å². The maximum absolute atomic E-state index is 13.5. The van der Waals surface area contributed by atoms with E-state index in [1.807, 2.05) is 41.3 Å². The van der Waals surface area contributed by atoms with Gasteiger partial charge >= 0.3 is 0 Å². The van der Waals surface area contributed by atoms with Crippen molar-refractivity contribution in [3.05, 3.63) is 102 Å². The van der Waals surface area contributed by atoms with Crippen LogP contribution in [-0.4, -0.2) is 57.1 Å². The molecule has 9 heteroatoms. The standard InChI is InChI=1S/C28H24FN5O3/c1-18-31-32-27(36-18)25(19-6-3-2-4-7-19)33-12-14-34(15-13-33)28(35)21-9-5-8-20(16-21)26-30-23-17-22(29)10-11-24(23)37-26/h2-11,16-17,25H,12-15H2,1H3. The topological polar surface area (TPSA) is 88.5 Å². The van der Waals surface area contributed by atoms with E-state index in [2.05, 4.69) is 20.1 Å². The fourth-order valence-electron chi connectivity index (χ4n) is 4.74. The second-order valence-electron chi connectivity index (χ2n) is 9.01. The Balaban J connectivity index is 1.19.